The summed E-state index contributed by atoms with van der Waals surface area (Å²) < 4.78 is 34.6. The van der Waals surface area contributed by atoms with Crippen LogP contribution in [0.1, 0.15) is 22.4 Å². The Morgan fingerprint density at radius 2 is 1.68 bits per heavy atom. The Hall–Kier alpha value is -2.92. The van der Waals surface area contributed by atoms with Crippen molar-refractivity contribution in [3.05, 3.63) is 94.9 Å². The summed E-state index contributed by atoms with van der Waals surface area (Å²) in [5.41, 5.74) is 5.15. The van der Waals surface area contributed by atoms with Gasteiger partial charge in [-0.25, -0.2) is 8.78 Å². The van der Waals surface area contributed by atoms with Gasteiger partial charge in [0.1, 0.15) is 17.4 Å². The number of hydrogen-bond acceptors (Lipinski definition) is 2. The molecule has 2 aromatic carbocycles. The van der Waals surface area contributed by atoms with E-state index >= 15 is 0 Å². The molecule has 0 radical (unpaired) electrons. The van der Waals surface area contributed by atoms with E-state index in [-0.39, 0.29) is 12.3 Å². The molecule has 0 unspecified atom stereocenters. The van der Waals surface area contributed by atoms with Crippen LogP contribution in [0.3, 0.4) is 0 Å². The van der Waals surface area contributed by atoms with Gasteiger partial charge in [-0.05, 0) is 48.2 Å². The van der Waals surface area contributed by atoms with Crippen LogP contribution < -0.4 is 0 Å². The van der Waals surface area contributed by atoms with Crippen LogP contribution in [0.25, 0.3) is 11.3 Å². The molecule has 3 rings (SSSR count). The van der Waals surface area contributed by atoms with Crippen molar-refractivity contribution in [3.63, 3.8) is 0 Å². The molecule has 0 saturated carbocycles. The third kappa shape index (κ3) is 4.31. The van der Waals surface area contributed by atoms with E-state index < -0.39 is 11.6 Å². The lowest BCUT2D eigenvalue weighted by Gasteiger charge is -2.12. The van der Waals surface area contributed by atoms with Crippen LogP contribution in [0.4, 0.5) is 8.78 Å². The van der Waals surface area contributed by atoms with E-state index in [0.29, 0.717) is 24.3 Å². The number of benzene rings is 2. The fourth-order valence-corrected chi connectivity index (χ4v) is 3.44. The number of allylic oxidation sites excluding steroid dienone is 1. The first kappa shape index (κ1) is 19.8. The lowest BCUT2D eigenvalue weighted by molar-refractivity contribution is 0.184. The molecule has 3 aromatic rings. The van der Waals surface area contributed by atoms with E-state index in [2.05, 4.69) is 6.58 Å². The molecule has 0 spiro atoms. The van der Waals surface area contributed by atoms with Crippen LogP contribution in [0.15, 0.2) is 60.9 Å². The minimum atomic E-state index is -0.643. The number of aliphatic hydroxyl groups is 1. The molecule has 1 N–H and O–H groups in total. The van der Waals surface area contributed by atoms with Crippen molar-refractivity contribution in [2.75, 3.05) is 7.11 Å². The topological polar surface area (TPSA) is 34.4 Å². The molecule has 3 nitrogen and oxygen atoms in total. The second-order valence-electron chi connectivity index (χ2n) is 6.83. The summed E-state index contributed by atoms with van der Waals surface area (Å²) in [6.45, 7) is 6.15. The number of ether oxygens (including phenoxy) is 1. The monoisotopic (exact) mass is 383 g/mol. The van der Waals surface area contributed by atoms with Crippen LogP contribution in [0.5, 0.6) is 0 Å². The molecular formula is C23H23F2NO2. The maximum atomic E-state index is 13.8. The van der Waals surface area contributed by atoms with E-state index in [4.69, 9.17) is 4.74 Å². The largest absolute Gasteiger partial charge is 0.511 e. The van der Waals surface area contributed by atoms with Crippen molar-refractivity contribution in [3.8, 4) is 11.3 Å². The normalized spacial score (nSPS) is 11.0. The highest BCUT2D eigenvalue weighted by molar-refractivity contribution is 5.63. The summed E-state index contributed by atoms with van der Waals surface area (Å²) in [7, 11) is 1.65. The molecule has 0 aliphatic carbocycles. The van der Waals surface area contributed by atoms with Crippen molar-refractivity contribution in [2.45, 2.75) is 26.5 Å². The van der Waals surface area contributed by atoms with Gasteiger partial charge in [-0.1, -0.05) is 30.8 Å². The molecule has 0 bridgehead atoms. The third-order valence-electron chi connectivity index (χ3n) is 4.77. The Bertz CT molecular complexity index is 988. The van der Waals surface area contributed by atoms with Gasteiger partial charge in [0.25, 0.3) is 0 Å². The van der Waals surface area contributed by atoms with Crippen LogP contribution in [-0.4, -0.2) is 16.8 Å². The maximum absolute atomic E-state index is 13.8. The summed E-state index contributed by atoms with van der Waals surface area (Å²) >= 11 is 0. The van der Waals surface area contributed by atoms with Crippen molar-refractivity contribution in [1.29, 1.82) is 0 Å². The van der Waals surface area contributed by atoms with Gasteiger partial charge in [-0.3, -0.25) is 0 Å². The van der Waals surface area contributed by atoms with Crippen molar-refractivity contribution in [2.24, 2.45) is 0 Å². The van der Waals surface area contributed by atoms with E-state index in [1.807, 2.05) is 41.8 Å². The zero-order chi connectivity index (χ0) is 20.3. The predicted octanol–water partition coefficient (Wildman–Crippen LogP) is 5.55. The van der Waals surface area contributed by atoms with Crippen molar-refractivity contribution in [1.82, 2.24) is 4.57 Å². The molecule has 1 heterocycles. The lowest BCUT2D eigenvalue weighted by Crippen LogP contribution is -2.05. The molecule has 0 aliphatic heterocycles. The molecule has 0 fully saturated rings. The highest BCUT2D eigenvalue weighted by Gasteiger charge is 2.16. The molecule has 0 saturated heterocycles. The van der Waals surface area contributed by atoms with Gasteiger partial charge in [0.2, 0.25) is 0 Å². The first-order valence-corrected chi connectivity index (χ1v) is 8.97. The predicted molar refractivity (Wildman–Crippen MR) is 106 cm³/mol. The number of methoxy groups -OCH3 is 1. The van der Waals surface area contributed by atoms with E-state index in [0.717, 1.165) is 28.5 Å². The fraction of sp³-hybridized carbons (Fsp3) is 0.217. The summed E-state index contributed by atoms with van der Waals surface area (Å²) in [5, 5.41) is 9.74. The Morgan fingerprint density at radius 1 is 1.04 bits per heavy atom. The average Bonchev–Trinajstić information content (AvgIpc) is 2.92. The highest BCUT2D eigenvalue weighted by atomic mass is 19.1. The zero-order valence-electron chi connectivity index (χ0n) is 16.0. The van der Waals surface area contributed by atoms with Crippen LogP contribution in [0, 0.1) is 18.6 Å². The minimum absolute atomic E-state index is 0.0249. The molecule has 146 valence electrons. The molecular weight excluding hydrogens is 360 g/mol. The van der Waals surface area contributed by atoms with Crippen LogP contribution in [-0.2, 0) is 24.3 Å². The number of rotatable bonds is 7. The Morgan fingerprint density at radius 3 is 2.29 bits per heavy atom. The number of aromatic nitrogens is 1. The number of aliphatic hydroxyl groups excluding tert-OH is 1. The van der Waals surface area contributed by atoms with Gasteiger partial charge >= 0.3 is 0 Å². The Labute approximate surface area is 163 Å². The van der Waals surface area contributed by atoms with E-state index in [1.54, 1.807) is 7.11 Å². The maximum Gasteiger partial charge on any atom is 0.126 e. The Balaban J connectivity index is 2.08. The lowest BCUT2D eigenvalue weighted by atomic mass is 10.00. The summed E-state index contributed by atoms with van der Waals surface area (Å²) in [6, 6.07) is 13.3. The highest BCUT2D eigenvalue weighted by Crippen LogP contribution is 2.30. The SMILES string of the molecule is C=C(O)Cn1c(-c2cc(F)cc(F)c2)cc(Cc2ccccc2COC)c1C. The Kier molecular flexibility index (Phi) is 5.95. The average molecular weight is 383 g/mol. The summed E-state index contributed by atoms with van der Waals surface area (Å²) in [6.07, 6.45) is 0.640. The van der Waals surface area contributed by atoms with Crippen molar-refractivity contribution >= 4 is 0 Å². The van der Waals surface area contributed by atoms with Crippen LogP contribution in [0.2, 0.25) is 0 Å². The molecule has 0 amide bonds. The van der Waals surface area contributed by atoms with E-state index in [1.165, 1.54) is 12.1 Å². The second-order valence-corrected chi connectivity index (χ2v) is 6.83. The van der Waals surface area contributed by atoms with Gasteiger partial charge < -0.3 is 14.4 Å². The molecule has 5 heteroatoms. The quantitative estimate of drug-likeness (QED) is 0.543. The third-order valence-corrected chi connectivity index (χ3v) is 4.77. The number of halogens is 2. The van der Waals surface area contributed by atoms with Gasteiger partial charge in [0.15, 0.2) is 0 Å². The fourth-order valence-electron chi connectivity index (χ4n) is 3.44. The first-order valence-electron chi connectivity index (χ1n) is 8.97. The van der Waals surface area contributed by atoms with Crippen LogP contribution >= 0.6 is 0 Å². The van der Waals surface area contributed by atoms with Gasteiger partial charge in [-0.2, -0.15) is 0 Å². The smallest absolute Gasteiger partial charge is 0.126 e. The summed E-state index contributed by atoms with van der Waals surface area (Å²) in [4.78, 5) is 0. The van der Waals surface area contributed by atoms with Gasteiger partial charge in [0.05, 0.1) is 13.2 Å². The van der Waals surface area contributed by atoms with E-state index in [9.17, 15) is 13.9 Å². The van der Waals surface area contributed by atoms with Gasteiger partial charge in [0, 0.05) is 30.1 Å². The number of hydrogen-bond donors (Lipinski definition) is 1. The molecule has 1 aromatic heterocycles. The minimum Gasteiger partial charge on any atom is -0.511 e. The van der Waals surface area contributed by atoms with Crippen molar-refractivity contribution < 1.29 is 18.6 Å². The second kappa shape index (κ2) is 8.40. The molecule has 0 aliphatic rings. The van der Waals surface area contributed by atoms with Gasteiger partial charge in [-0.15, -0.1) is 0 Å². The standard InChI is InChI=1S/C23H23F2NO2/c1-15(27)13-26-16(2)19(8-17-6-4-5-7-18(17)14-28-3)11-23(26)20-9-21(24)12-22(25)10-20/h4-7,9-12,27H,1,8,13-14H2,2-3H3. The molecule has 28 heavy (non-hydrogen) atoms. The first-order chi connectivity index (χ1) is 13.4. The zero-order valence-corrected chi connectivity index (χ0v) is 16.0. The number of nitrogens with zero attached hydrogens (tertiary/aromatic N) is 1. The summed E-state index contributed by atoms with van der Waals surface area (Å²) in [5.74, 6) is -1.31. The molecule has 0 atom stereocenters.